The Balaban J connectivity index is 1.08. The molecule has 17 rings (SSSR count). The van der Waals surface area contributed by atoms with Crippen LogP contribution in [0.15, 0.2) is 381 Å². The van der Waals surface area contributed by atoms with Gasteiger partial charge in [0, 0.05) is 32.7 Å². The molecule has 17 aromatic rings. The molecule has 0 radical (unpaired) electrons. The van der Waals surface area contributed by atoms with E-state index in [1.807, 2.05) is 0 Å². The Labute approximate surface area is 639 Å². The second kappa shape index (κ2) is 25.5. The van der Waals surface area contributed by atoms with Crippen molar-refractivity contribution >= 4 is 90.5 Å². The molecule has 0 spiro atoms. The molecule has 0 saturated carbocycles. The van der Waals surface area contributed by atoms with Crippen LogP contribution in [0, 0.1) is 13.2 Å². The number of imidazole rings is 1. The van der Waals surface area contributed by atoms with Crippen LogP contribution in [0.4, 0.5) is 0 Å². The molecule has 3 heterocycles. The van der Waals surface area contributed by atoms with Crippen molar-refractivity contribution < 1.29 is 73.7 Å². The van der Waals surface area contributed by atoms with E-state index in [-0.39, 0.29) is 45.2 Å². The number of rotatable bonds is 16. The van der Waals surface area contributed by atoms with Crippen molar-refractivity contribution in [3.63, 3.8) is 0 Å². The molecular weight excluding hydrogens is 1220 g/mol. The van der Waals surface area contributed by atoms with E-state index < -0.39 is 369 Å². The summed E-state index contributed by atoms with van der Waals surface area (Å²) in [6, 6.07) is -29.3. The quantitative estimate of drug-likeness (QED) is 0.0418. The molecule has 0 amide bonds. The van der Waals surface area contributed by atoms with Gasteiger partial charge in [-0.15, -0.1) is 0 Å². The zero-order chi connectivity index (χ0) is 106. The monoisotopic (exact) mass is 1330 g/mol. The third kappa shape index (κ3) is 10.3. The lowest BCUT2D eigenvalue weighted by Gasteiger charge is -2.37. The number of fused-ring (bicyclic) bond motifs is 4. The predicted octanol–water partition coefficient (Wildman–Crippen LogP) is 16.1. The fourth-order valence-electron chi connectivity index (χ4n) is 12.4. The Hall–Kier alpha value is -12.3. The number of pyridine rings is 1. The molecule has 5 nitrogen and oxygen atoms in total. The summed E-state index contributed by atoms with van der Waals surface area (Å²) in [4.78, 5) is 4.68. The third-order valence-electron chi connectivity index (χ3n) is 16.5. The van der Waals surface area contributed by atoms with Crippen molar-refractivity contribution in [1.29, 1.82) is 0 Å². The summed E-state index contributed by atoms with van der Waals surface area (Å²) in [5.74, 6) is -0.191. The molecule has 0 aliphatic carbocycles. The number of aryl methyl sites for hydroxylation is 1. The first kappa shape index (κ1) is 27.8. The summed E-state index contributed by atoms with van der Waals surface area (Å²) >= 11 is 0. The summed E-state index contributed by atoms with van der Waals surface area (Å²) in [6.45, 7) is -3.04. The fraction of sp³-hybridized carbons (Fsp3) is 0.0110. The molecular formula is C91H66N4OSi2. The average molecular weight is 1340 g/mol. The van der Waals surface area contributed by atoms with Crippen molar-refractivity contribution in [2.75, 3.05) is 0 Å². The molecule has 0 unspecified atom stereocenters. The van der Waals surface area contributed by atoms with Crippen LogP contribution >= 0.6 is 0 Å². The second-order valence-electron chi connectivity index (χ2n) is 21.6. The highest BCUT2D eigenvalue weighted by molar-refractivity contribution is 7.20. The number of ether oxygens (including phenoxy) is 1. The van der Waals surface area contributed by atoms with E-state index in [1.54, 1.807) is 34.9 Å². The lowest BCUT2D eigenvalue weighted by molar-refractivity contribution is -0.570. The van der Waals surface area contributed by atoms with Crippen LogP contribution in [0.3, 0.4) is 0 Å². The summed E-state index contributed by atoms with van der Waals surface area (Å²) in [5, 5.41) is -8.86. The van der Waals surface area contributed by atoms with Gasteiger partial charge in [-0.05, 0) is 130 Å². The van der Waals surface area contributed by atoms with Gasteiger partial charge in [-0.1, -0.05) is 320 Å². The van der Waals surface area contributed by atoms with E-state index in [9.17, 15) is 41.1 Å². The molecule has 0 saturated heterocycles. The van der Waals surface area contributed by atoms with E-state index in [4.69, 9.17) is 28.0 Å². The predicted molar refractivity (Wildman–Crippen MR) is 411 cm³/mol. The van der Waals surface area contributed by atoms with Crippen LogP contribution in [0.2, 0.25) is 0 Å². The minimum absolute atomic E-state index is 0.00536. The Morgan fingerprint density at radius 1 is 0.398 bits per heavy atom. The minimum Gasteiger partial charge on any atom is -0.458 e. The van der Waals surface area contributed by atoms with Crippen LogP contribution in [0.5, 0.6) is 11.5 Å². The van der Waals surface area contributed by atoms with Crippen molar-refractivity contribution in [3.05, 3.63) is 393 Å². The van der Waals surface area contributed by atoms with E-state index >= 15 is 0 Å². The Kier molecular flexibility index (Phi) is 7.23. The Bertz CT molecular complexity index is 8110. The standard InChI is InChI=1S/C91H66N4OSi2/c1-66-59-90(92-64-84(66)68-33-12-3-13-34-68)95-85-53-27-26-51-82(85)83-57-56-73(63-87(83)95)96-72-37-29-36-71(62-72)93-65-94(86-58-55-69(61-88(86)93)67-31-10-2-11-32-67)91-81(52-30-54-89(91)98(77-44-20-7-21-45-77,78-46-22-8-23-47-78)79-48-24-9-25-49-79)70-35-28-50-80(60-70)97(74-38-14-4-15-39-74,75-40-16-5-17-41-75)76-42-18-6-19-43-76/h2-64H,1H3/i1D3,2D,3D,4D,5D,6D,7D,8D,9D,10D,11D,12D,13D,14D,15D,16D,17D,18D,19D,20D,21D,22D,23D,24D,25D,28D,31D,32D,33D,34D,35D,38D,39D,40D,41D,42D,43D,44D,45D,46D,47D,48D,49D,50D,60D. The highest BCUT2D eigenvalue weighted by Crippen LogP contribution is 2.38. The number of hydrogen-bond acceptors (Lipinski definition) is 2. The van der Waals surface area contributed by atoms with Gasteiger partial charge in [0.15, 0.2) is 16.1 Å². The maximum Gasteiger partial charge on any atom is 0.269 e. The normalized spacial score (nSPS) is 18.6. The molecule has 0 bridgehead atoms. The summed E-state index contributed by atoms with van der Waals surface area (Å²) < 4.78 is 459. The van der Waals surface area contributed by atoms with Gasteiger partial charge in [0.05, 0.1) is 93.8 Å². The first-order valence-electron chi connectivity index (χ1n) is 53.1. The maximum atomic E-state index is 11.4. The number of benzene rings is 14. The molecule has 0 N–H and O–H groups in total. The van der Waals surface area contributed by atoms with Gasteiger partial charge in [0.25, 0.3) is 6.33 Å². The van der Waals surface area contributed by atoms with E-state index in [1.165, 1.54) is 60.7 Å². The summed E-state index contributed by atoms with van der Waals surface area (Å²) in [7, 11) is -13.8. The largest absolute Gasteiger partial charge is 0.458 e. The number of hydrogen-bond donors (Lipinski definition) is 0. The first-order valence-corrected chi connectivity index (χ1v) is 33.6. The van der Waals surface area contributed by atoms with Gasteiger partial charge in [-0.2, -0.15) is 0 Å². The second-order valence-corrected chi connectivity index (χ2v) is 28.7. The van der Waals surface area contributed by atoms with E-state index in [2.05, 4.69) is 11.3 Å². The Morgan fingerprint density at radius 3 is 1.52 bits per heavy atom. The van der Waals surface area contributed by atoms with Gasteiger partial charge in [0.1, 0.15) is 17.3 Å². The van der Waals surface area contributed by atoms with Crippen molar-refractivity contribution in [2.45, 2.75) is 6.85 Å². The molecule has 0 fully saturated rings. The minimum atomic E-state index is -6.92. The number of aromatic nitrogens is 4. The van der Waals surface area contributed by atoms with Crippen LogP contribution in [0.25, 0.3) is 83.4 Å². The van der Waals surface area contributed by atoms with Gasteiger partial charge >= 0.3 is 0 Å². The van der Waals surface area contributed by atoms with Crippen molar-refractivity contribution in [1.82, 2.24) is 14.1 Å². The van der Waals surface area contributed by atoms with Crippen LogP contribution in [0.1, 0.15) is 70.0 Å². The molecule has 14 aromatic carbocycles. The number of para-hydroxylation sites is 2. The topological polar surface area (TPSA) is 35.9 Å². The van der Waals surface area contributed by atoms with Gasteiger partial charge in [-0.25, -0.2) is 4.98 Å². The smallest absolute Gasteiger partial charge is 0.269 e. The molecule has 98 heavy (non-hydrogen) atoms. The zero-order valence-corrected chi connectivity index (χ0v) is 52.2. The SMILES string of the molecule is [2H]c1c([2H])c([2H])c(-c2ccc3c(c2)n(-c2cccc(Oc4ccc5c6ccccc6n(-c6cc(C([2H])([2H])[2H])c(-c7c([2H])c([2H])c([2H])c([2H])c7[2H])cn6)c5c4)c2)[c-][n+]3-c2c(-c3c([2H])c([2H])c([2H])c([Si](c4c([2H])c([2H])c([2H])c([2H])c4[2H])(c4c([2H])c([2H])c([2H])c([2H])c4[2H])c4c([2H])c([2H])c([2H])c([2H])c4[2H])c3[2H])cccc2[Si](c2c([2H])c([2H])c([2H])c([2H])c2[2H])(c2c([2H])c([2H])c([2H])c([2H])c2[2H])c2c([2H])c([2H])c([2H])c([2H])c2[2H])c([2H])c1[2H]. The first-order chi connectivity index (χ1) is 68.0. The number of nitrogens with zero attached hydrogens (tertiary/aromatic N) is 4. The molecule has 0 aliphatic rings. The summed E-state index contributed by atoms with van der Waals surface area (Å²) in [6.07, 6.45) is 4.27. The van der Waals surface area contributed by atoms with Gasteiger partial charge in [-0.3, -0.25) is 13.7 Å². The molecule has 0 atom stereocenters. The van der Waals surface area contributed by atoms with E-state index in [0.29, 0.717) is 16.3 Å². The van der Waals surface area contributed by atoms with Gasteiger partial charge < -0.3 is 4.74 Å². The maximum absolute atomic E-state index is 11.4. The highest BCUT2D eigenvalue weighted by Gasteiger charge is 2.45. The molecule has 464 valence electrons. The molecule has 3 aromatic heterocycles. The van der Waals surface area contributed by atoms with Crippen molar-refractivity contribution in [3.8, 4) is 62.1 Å². The van der Waals surface area contributed by atoms with Crippen LogP contribution < -0.4 is 50.8 Å². The fourth-order valence-corrected chi connectivity index (χ4v) is 19.9. The van der Waals surface area contributed by atoms with Crippen LogP contribution in [-0.4, -0.2) is 30.3 Å². The Morgan fingerprint density at radius 2 is 0.918 bits per heavy atom. The van der Waals surface area contributed by atoms with Crippen LogP contribution in [-0.2, 0) is 0 Å². The van der Waals surface area contributed by atoms with Crippen molar-refractivity contribution in [2.24, 2.45) is 0 Å². The third-order valence-corrected chi connectivity index (χ3v) is 24.7. The molecule has 7 heteroatoms. The van der Waals surface area contributed by atoms with E-state index in [0.717, 1.165) is 33.5 Å². The average Bonchev–Trinajstić information content (AvgIpc) is 1.08. The van der Waals surface area contributed by atoms with Gasteiger partial charge in [0.2, 0.25) is 0 Å². The summed E-state index contributed by atoms with van der Waals surface area (Å²) in [5.41, 5.74) is -5.26. The molecule has 0 aliphatic heterocycles. The highest BCUT2D eigenvalue weighted by atomic mass is 28.3. The lowest BCUT2D eigenvalue weighted by Crippen LogP contribution is -2.76. The lowest BCUT2D eigenvalue weighted by atomic mass is 10.0. The zero-order valence-electron chi connectivity index (χ0n) is 97.2.